The maximum absolute atomic E-state index is 5.22. The Morgan fingerprint density at radius 2 is 0.961 bits per heavy atom. The number of pyridine rings is 1. The molecule has 0 saturated carbocycles. The van der Waals surface area contributed by atoms with Crippen LogP contribution in [0.1, 0.15) is 20.8 Å². The molecule has 0 spiro atoms. The van der Waals surface area contributed by atoms with Crippen LogP contribution in [0.3, 0.4) is 0 Å². The number of hydrogen-bond acceptors (Lipinski definition) is 4. The largest absolute Gasteiger partial charge is 2.00 e. The molecule has 3 heterocycles. The monoisotopic (exact) mass is 1160 g/mol. The van der Waals surface area contributed by atoms with Crippen molar-refractivity contribution in [1.29, 1.82) is 0 Å². The van der Waals surface area contributed by atoms with Crippen molar-refractivity contribution in [1.82, 2.24) is 9.55 Å². The van der Waals surface area contributed by atoms with Crippen molar-refractivity contribution >= 4 is 55.9 Å². The minimum Gasteiger partial charge on any atom is -0.357 e. The van der Waals surface area contributed by atoms with Crippen molar-refractivity contribution in [3.05, 3.63) is 267 Å². The smallest absolute Gasteiger partial charge is 0.357 e. The molecular weight excluding hydrogens is 1110 g/mol. The van der Waals surface area contributed by atoms with E-state index in [0.717, 1.165) is 112 Å². The van der Waals surface area contributed by atoms with Gasteiger partial charge in [0.05, 0.1) is 23.7 Å². The molecule has 0 fully saturated rings. The molecular formula is C70H53N5Pt. The van der Waals surface area contributed by atoms with Gasteiger partial charge in [-0.1, -0.05) is 211 Å². The first kappa shape index (κ1) is 48.2. The van der Waals surface area contributed by atoms with Crippen molar-refractivity contribution < 1.29 is 21.1 Å². The topological polar surface area (TPSA) is 27.5 Å². The van der Waals surface area contributed by atoms with Crippen LogP contribution in [0.2, 0.25) is 0 Å². The van der Waals surface area contributed by atoms with E-state index in [1.807, 2.05) is 6.20 Å². The van der Waals surface area contributed by atoms with Gasteiger partial charge in [-0.25, -0.2) is 4.98 Å². The molecule has 76 heavy (non-hydrogen) atoms. The molecule has 0 N–H and O–H groups in total. The fraction of sp³-hybridized carbons (Fsp3) is 0.0714. The Bertz CT molecular complexity index is 3920. The summed E-state index contributed by atoms with van der Waals surface area (Å²) in [5, 5.41) is 2.22. The molecule has 368 valence electrons. The van der Waals surface area contributed by atoms with Gasteiger partial charge in [0.25, 0.3) is 0 Å². The summed E-state index contributed by atoms with van der Waals surface area (Å²) >= 11 is 0. The van der Waals surface area contributed by atoms with E-state index < -0.39 is 0 Å². The maximum atomic E-state index is 5.22. The zero-order chi connectivity index (χ0) is 50.5. The third-order valence-corrected chi connectivity index (χ3v) is 14.6. The van der Waals surface area contributed by atoms with Crippen LogP contribution in [0.5, 0.6) is 0 Å². The van der Waals surface area contributed by atoms with Gasteiger partial charge in [-0.05, 0) is 101 Å². The van der Waals surface area contributed by atoms with E-state index in [4.69, 9.17) is 4.98 Å². The maximum Gasteiger partial charge on any atom is 2.00 e. The van der Waals surface area contributed by atoms with Gasteiger partial charge < -0.3 is 19.3 Å². The van der Waals surface area contributed by atoms with Crippen molar-refractivity contribution in [2.24, 2.45) is 0 Å². The molecule has 1 aliphatic rings. The molecule has 1 aliphatic heterocycles. The number of nitrogens with zero attached hydrogens (tertiary/aromatic N) is 5. The van der Waals surface area contributed by atoms with Gasteiger partial charge in [-0.2, -0.15) is 12.1 Å². The summed E-state index contributed by atoms with van der Waals surface area (Å²) in [5.74, 6) is 0.805. The van der Waals surface area contributed by atoms with Crippen molar-refractivity contribution in [2.75, 3.05) is 21.4 Å². The van der Waals surface area contributed by atoms with Gasteiger partial charge in [0.15, 0.2) is 0 Å². The molecule has 0 atom stereocenters. The third kappa shape index (κ3) is 8.67. The van der Waals surface area contributed by atoms with Crippen LogP contribution in [0.15, 0.2) is 255 Å². The minimum absolute atomic E-state index is 0. The Balaban J connectivity index is 0.00000582. The molecule has 12 aromatic rings. The van der Waals surface area contributed by atoms with Crippen molar-refractivity contribution in [3.8, 4) is 61.5 Å². The minimum atomic E-state index is -0.0969. The molecule has 2 aromatic heterocycles. The molecule has 0 saturated heterocycles. The Hall–Kier alpha value is -8.76. The van der Waals surface area contributed by atoms with Gasteiger partial charge >= 0.3 is 21.1 Å². The van der Waals surface area contributed by atoms with E-state index in [2.05, 4.69) is 301 Å². The van der Waals surface area contributed by atoms with Gasteiger partial charge in [-0.3, -0.25) is 0 Å². The summed E-state index contributed by atoms with van der Waals surface area (Å²) in [4.78, 5) is 12.5. The standard InChI is InChI=1S/C70H53N5.Pt/c1-70(2,3)73-48-72(64-39-18-19-40-65(64)73)54-31-20-32-55(46-54)74(69-59(51-27-12-6-13-28-51)36-22-37-60(69)52-29-14-7-15-30-52)56-41-42-62-61-33-16-17-38-63(61)75(66(62)47-56)67-45-53(43-44-71-67)68-57(49-23-8-4-9-24-49)34-21-35-58(68)50-25-10-5-11-26-50;/h4-45H,48H2,1-3H3;/q-2;+2. The van der Waals surface area contributed by atoms with Gasteiger partial charge in [0, 0.05) is 28.4 Å². The van der Waals surface area contributed by atoms with E-state index in [-0.39, 0.29) is 26.6 Å². The summed E-state index contributed by atoms with van der Waals surface area (Å²) in [5.41, 5.74) is 19.3. The van der Waals surface area contributed by atoms with E-state index in [9.17, 15) is 0 Å². The fourth-order valence-corrected chi connectivity index (χ4v) is 11.1. The average molecular weight is 1160 g/mol. The molecule has 0 amide bonds. The fourth-order valence-electron chi connectivity index (χ4n) is 11.1. The Morgan fingerprint density at radius 1 is 0.447 bits per heavy atom. The predicted octanol–water partition coefficient (Wildman–Crippen LogP) is 18.3. The molecule has 0 radical (unpaired) electrons. The number of anilines is 6. The van der Waals surface area contributed by atoms with Crippen LogP contribution >= 0.6 is 0 Å². The first-order valence-electron chi connectivity index (χ1n) is 25.7. The van der Waals surface area contributed by atoms with Crippen LogP contribution in [-0.2, 0) is 21.1 Å². The zero-order valence-corrected chi connectivity index (χ0v) is 44.8. The predicted molar refractivity (Wildman–Crippen MR) is 314 cm³/mol. The first-order valence-corrected chi connectivity index (χ1v) is 25.7. The zero-order valence-electron chi connectivity index (χ0n) is 42.5. The average Bonchev–Trinajstić information content (AvgIpc) is 4.04. The normalized spacial score (nSPS) is 12.2. The van der Waals surface area contributed by atoms with Crippen LogP contribution in [0.4, 0.5) is 34.1 Å². The van der Waals surface area contributed by atoms with Crippen LogP contribution in [-0.4, -0.2) is 21.8 Å². The summed E-state index contributed by atoms with van der Waals surface area (Å²) in [6.07, 6.45) is 1.96. The molecule has 13 rings (SSSR count). The second-order valence-electron chi connectivity index (χ2n) is 20.2. The van der Waals surface area contributed by atoms with E-state index in [0.29, 0.717) is 6.67 Å². The van der Waals surface area contributed by atoms with Gasteiger partial charge in [0.2, 0.25) is 0 Å². The molecule has 6 heteroatoms. The van der Waals surface area contributed by atoms with Crippen LogP contribution in [0, 0.1) is 12.1 Å². The quantitative estimate of drug-likeness (QED) is 0.128. The summed E-state index contributed by atoms with van der Waals surface area (Å²) < 4.78 is 2.30. The number of hydrogen-bond donors (Lipinski definition) is 0. The molecule has 5 nitrogen and oxygen atoms in total. The molecule has 0 unspecified atom stereocenters. The molecule has 0 aliphatic carbocycles. The number of rotatable bonds is 10. The number of benzene rings is 10. The Morgan fingerprint density at radius 3 is 1.57 bits per heavy atom. The molecule has 0 bridgehead atoms. The Kier molecular flexibility index (Phi) is 12.8. The van der Waals surface area contributed by atoms with Gasteiger partial charge in [0.1, 0.15) is 5.82 Å². The summed E-state index contributed by atoms with van der Waals surface area (Å²) in [7, 11) is 0. The molecule has 10 aromatic carbocycles. The van der Waals surface area contributed by atoms with Crippen molar-refractivity contribution in [3.63, 3.8) is 0 Å². The number of aromatic nitrogens is 2. The third-order valence-electron chi connectivity index (χ3n) is 14.6. The second-order valence-corrected chi connectivity index (χ2v) is 20.2. The van der Waals surface area contributed by atoms with E-state index in [1.54, 1.807) is 0 Å². The van der Waals surface area contributed by atoms with E-state index in [1.165, 1.54) is 5.69 Å². The number of para-hydroxylation sites is 4. The number of fused-ring (bicyclic) bond motifs is 4. The van der Waals surface area contributed by atoms with Crippen LogP contribution in [0.25, 0.3) is 83.3 Å². The van der Waals surface area contributed by atoms with Gasteiger partial charge in [-0.15, -0.1) is 35.7 Å². The van der Waals surface area contributed by atoms with Crippen molar-refractivity contribution in [2.45, 2.75) is 26.3 Å². The summed E-state index contributed by atoms with van der Waals surface area (Å²) in [6.45, 7) is 7.54. The van der Waals surface area contributed by atoms with Crippen LogP contribution < -0.4 is 14.7 Å². The SMILES string of the molecule is CC(C)(C)N1CN(c2[c-]c(N(c3[c-]c4c(cc3)c3ccccc3n4-c3cc(-c4c(-c5ccccc5)cccc4-c4ccccc4)ccn3)c3c(-c4ccccc4)cccc3-c3ccccc3)ccc2)c2ccccc21.[Pt+2]. The summed E-state index contributed by atoms with van der Waals surface area (Å²) in [6, 6.07) is 97.1. The van der Waals surface area contributed by atoms with E-state index >= 15 is 0 Å². The Labute approximate surface area is 459 Å². The first-order chi connectivity index (χ1) is 36.9. The second kappa shape index (κ2) is 20.2.